The summed E-state index contributed by atoms with van der Waals surface area (Å²) >= 11 is 0. The fraction of sp³-hybridized carbons (Fsp3) is 0.538. The van der Waals surface area contributed by atoms with Gasteiger partial charge in [-0.15, -0.1) is 0 Å². The molecule has 0 aliphatic carbocycles. The Hall–Kier alpha value is -1.13. The molecule has 0 radical (unpaired) electrons. The van der Waals surface area contributed by atoms with Gasteiger partial charge in [0, 0.05) is 12.6 Å². The van der Waals surface area contributed by atoms with Gasteiger partial charge < -0.3 is 15.2 Å². The van der Waals surface area contributed by atoms with Crippen LogP contribution < -0.4 is 10.1 Å². The molecule has 1 rings (SSSR count). The first kappa shape index (κ1) is 13.9. The maximum atomic E-state index is 13.2. The highest BCUT2D eigenvalue weighted by Gasteiger charge is 2.08. The number of halogens is 1. The summed E-state index contributed by atoms with van der Waals surface area (Å²) in [5, 5.41) is 12.0. The monoisotopic (exact) mass is 241 g/mol. The number of unbranched alkanes of at least 4 members (excludes halogenated alkanes) is 1. The molecule has 0 spiro atoms. The Bertz CT molecular complexity index is 344. The van der Waals surface area contributed by atoms with Crippen molar-refractivity contribution in [3.63, 3.8) is 0 Å². The zero-order valence-electron chi connectivity index (χ0n) is 10.4. The zero-order chi connectivity index (χ0) is 12.7. The van der Waals surface area contributed by atoms with Crippen LogP contribution in [0.5, 0.6) is 5.75 Å². The van der Waals surface area contributed by atoms with E-state index in [0.717, 1.165) is 24.9 Å². The summed E-state index contributed by atoms with van der Waals surface area (Å²) in [4.78, 5) is 0. The van der Waals surface area contributed by atoms with Crippen molar-refractivity contribution in [2.45, 2.75) is 25.8 Å². The van der Waals surface area contributed by atoms with Gasteiger partial charge in [-0.2, -0.15) is 0 Å². The highest BCUT2D eigenvalue weighted by atomic mass is 19.1. The summed E-state index contributed by atoms with van der Waals surface area (Å²) in [5.41, 5.74) is 0.993. The van der Waals surface area contributed by atoms with Crippen molar-refractivity contribution in [2.75, 3.05) is 20.3 Å². The number of aliphatic hydroxyl groups excluding tert-OH is 1. The third-order valence-electron chi connectivity index (χ3n) is 2.71. The molecule has 0 saturated heterocycles. The van der Waals surface area contributed by atoms with Crippen molar-refractivity contribution in [1.82, 2.24) is 5.32 Å². The molecule has 0 aliphatic heterocycles. The summed E-state index contributed by atoms with van der Waals surface area (Å²) in [7, 11) is 1.46. The van der Waals surface area contributed by atoms with Crippen LogP contribution in [0.1, 0.15) is 31.4 Å². The van der Waals surface area contributed by atoms with E-state index in [9.17, 15) is 4.39 Å². The number of benzene rings is 1. The zero-order valence-corrected chi connectivity index (χ0v) is 10.4. The molecule has 1 unspecified atom stereocenters. The number of hydrogen-bond donors (Lipinski definition) is 2. The molecule has 0 saturated carbocycles. The molecule has 0 heterocycles. The number of methoxy groups -OCH3 is 1. The summed E-state index contributed by atoms with van der Waals surface area (Å²) < 4.78 is 18.2. The minimum atomic E-state index is -0.344. The van der Waals surface area contributed by atoms with Crippen LogP contribution in [-0.2, 0) is 0 Å². The lowest BCUT2D eigenvalue weighted by Gasteiger charge is -2.15. The number of rotatable bonds is 7. The first-order valence-corrected chi connectivity index (χ1v) is 5.86. The van der Waals surface area contributed by atoms with E-state index >= 15 is 0 Å². The molecular formula is C13H20FNO2. The first-order chi connectivity index (χ1) is 8.19. The van der Waals surface area contributed by atoms with Gasteiger partial charge in [0.2, 0.25) is 0 Å². The molecule has 1 aromatic carbocycles. The molecule has 1 atom stereocenters. The number of ether oxygens (including phenoxy) is 1. The summed E-state index contributed by atoms with van der Waals surface area (Å²) in [5.74, 6) is -0.0739. The Morgan fingerprint density at radius 2 is 2.18 bits per heavy atom. The van der Waals surface area contributed by atoms with E-state index in [1.165, 1.54) is 13.2 Å². The minimum absolute atomic E-state index is 0.142. The lowest BCUT2D eigenvalue weighted by molar-refractivity contribution is 0.283. The number of hydrogen-bond acceptors (Lipinski definition) is 3. The van der Waals surface area contributed by atoms with E-state index in [0.29, 0.717) is 0 Å². The van der Waals surface area contributed by atoms with Gasteiger partial charge in [0.15, 0.2) is 11.6 Å². The largest absolute Gasteiger partial charge is 0.494 e. The predicted molar refractivity (Wildman–Crippen MR) is 65.7 cm³/mol. The van der Waals surface area contributed by atoms with Crippen LogP contribution in [0.3, 0.4) is 0 Å². The summed E-state index contributed by atoms with van der Waals surface area (Å²) in [6, 6.07) is 5.02. The molecule has 17 heavy (non-hydrogen) atoms. The molecule has 3 nitrogen and oxygen atoms in total. The van der Waals surface area contributed by atoms with E-state index in [1.54, 1.807) is 12.1 Å². The van der Waals surface area contributed by atoms with Crippen molar-refractivity contribution in [3.8, 4) is 5.75 Å². The van der Waals surface area contributed by atoms with Gasteiger partial charge in [0.1, 0.15) is 0 Å². The number of nitrogens with one attached hydrogen (secondary N) is 1. The van der Waals surface area contributed by atoms with Crippen LogP contribution in [0.15, 0.2) is 18.2 Å². The molecular weight excluding hydrogens is 221 g/mol. The smallest absolute Gasteiger partial charge is 0.165 e. The Labute approximate surface area is 102 Å². The topological polar surface area (TPSA) is 41.5 Å². The maximum absolute atomic E-state index is 13.2. The van der Waals surface area contributed by atoms with E-state index in [4.69, 9.17) is 9.84 Å². The van der Waals surface area contributed by atoms with Crippen molar-refractivity contribution >= 4 is 0 Å². The van der Waals surface area contributed by atoms with Crippen molar-refractivity contribution in [2.24, 2.45) is 0 Å². The fourth-order valence-electron chi connectivity index (χ4n) is 1.62. The standard InChI is InChI=1S/C13H20FNO2/c1-10(15-7-3-4-8-16)11-5-6-12(14)13(9-11)17-2/h5-6,9-10,15-16H,3-4,7-8H2,1-2H3. The third kappa shape index (κ3) is 4.32. The number of aliphatic hydroxyl groups is 1. The van der Waals surface area contributed by atoms with Crippen molar-refractivity contribution in [1.29, 1.82) is 0 Å². The molecule has 0 aromatic heterocycles. The highest BCUT2D eigenvalue weighted by Crippen LogP contribution is 2.22. The van der Waals surface area contributed by atoms with Crippen LogP contribution in [0.25, 0.3) is 0 Å². The van der Waals surface area contributed by atoms with Gasteiger partial charge in [-0.3, -0.25) is 0 Å². The van der Waals surface area contributed by atoms with Gasteiger partial charge in [0.05, 0.1) is 7.11 Å². The molecule has 0 amide bonds. The molecule has 0 bridgehead atoms. The third-order valence-corrected chi connectivity index (χ3v) is 2.71. The van der Waals surface area contributed by atoms with Crippen LogP contribution in [0.2, 0.25) is 0 Å². The molecule has 4 heteroatoms. The van der Waals surface area contributed by atoms with Crippen molar-refractivity contribution in [3.05, 3.63) is 29.6 Å². The molecule has 0 aliphatic rings. The first-order valence-electron chi connectivity index (χ1n) is 5.86. The minimum Gasteiger partial charge on any atom is -0.494 e. The highest BCUT2D eigenvalue weighted by molar-refractivity contribution is 5.31. The van der Waals surface area contributed by atoms with Crippen LogP contribution in [0.4, 0.5) is 4.39 Å². The van der Waals surface area contributed by atoms with Gasteiger partial charge in [0.25, 0.3) is 0 Å². The molecule has 96 valence electrons. The quantitative estimate of drug-likeness (QED) is 0.719. The van der Waals surface area contributed by atoms with Gasteiger partial charge in [-0.05, 0) is 44.0 Å². The second-order valence-electron chi connectivity index (χ2n) is 4.00. The molecule has 1 aromatic rings. The van der Waals surface area contributed by atoms with Gasteiger partial charge in [-0.25, -0.2) is 4.39 Å². The summed E-state index contributed by atoms with van der Waals surface area (Å²) in [6.07, 6.45) is 1.73. The average molecular weight is 241 g/mol. The average Bonchev–Trinajstić information content (AvgIpc) is 2.35. The normalized spacial score (nSPS) is 12.5. The second-order valence-corrected chi connectivity index (χ2v) is 4.00. The van der Waals surface area contributed by atoms with Crippen molar-refractivity contribution < 1.29 is 14.2 Å². The fourth-order valence-corrected chi connectivity index (χ4v) is 1.62. The lowest BCUT2D eigenvalue weighted by atomic mass is 10.1. The molecule has 0 fully saturated rings. The van der Waals surface area contributed by atoms with E-state index < -0.39 is 0 Å². The maximum Gasteiger partial charge on any atom is 0.165 e. The van der Waals surface area contributed by atoms with Gasteiger partial charge >= 0.3 is 0 Å². The Kier molecular flexibility index (Phi) is 5.94. The van der Waals surface area contributed by atoms with Gasteiger partial charge in [-0.1, -0.05) is 6.07 Å². The van der Waals surface area contributed by atoms with Crippen LogP contribution in [-0.4, -0.2) is 25.4 Å². The Morgan fingerprint density at radius 1 is 1.41 bits per heavy atom. The summed E-state index contributed by atoms with van der Waals surface area (Å²) in [6.45, 7) is 3.08. The van der Waals surface area contributed by atoms with Crippen LogP contribution >= 0.6 is 0 Å². The Morgan fingerprint density at radius 3 is 2.82 bits per heavy atom. The van der Waals surface area contributed by atoms with E-state index in [1.807, 2.05) is 6.92 Å². The second kappa shape index (κ2) is 7.25. The SMILES string of the molecule is COc1cc(C(C)NCCCCO)ccc1F. The van der Waals surface area contributed by atoms with E-state index in [-0.39, 0.29) is 24.2 Å². The Balaban J connectivity index is 2.53. The molecule has 2 N–H and O–H groups in total. The van der Waals surface area contributed by atoms with E-state index in [2.05, 4.69) is 5.32 Å². The van der Waals surface area contributed by atoms with Crippen LogP contribution in [0, 0.1) is 5.82 Å². The lowest BCUT2D eigenvalue weighted by Crippen LogP contribution is -2.20. The predicted octanol–water partition coefficient (Wildman–Crippen LogP) is 2.26.